The SMILES string of the molecule is COc1ccc(S(=O)(=O)N(CC(=O)N2CCN(C/C=C/c3ccccc3)CC2)c2ccccc2F)cc1OC. The van der Waals surface area contributed by atoms with Crippen LogP contribution in [0.2, 0.25) is 0 Å². The van der Waals surface area contributed by atoms with Crippen LogP contribution in [0.15, 0.2) is 83.8 Å². The average Bonchev–Trinajstić information content (AvgIpc) is 2.96. The van der Waals surface area contributed by atoms with Crippen LogP contribution in [0.1, 0.15) is 5.56 Å². The number of methoxy groups -OCH3 is 2. The quantitative estimate of drug-likeness (QED) is 0.379. The lowest BCUT2D eigenvalue weighted by molar-refractivity contribution is -0.131. The summed E-state index contributed by atoms with van der Waals surface area (Å²) in [4.78, 5) is 17.0. The maximum Gasteiger partial charge on any atom is 0.265 e. The van der Waals surface area contributed by atoms with Crippen LogP contribution < -0.4 is 13.8 Å². The van der Waals surface area contributed by atoms with E-state index in [2.05, 4.69) is 17.1 Å². The molecular formula is C29H32FN3O5S. The number of anilines is 1. The topological polar surface area (TPSA) is 79.4 Å². The summed E-state index contributed by atoms with van der Waals surface area (Å²) in [6, 6.07) is 19.6. The summed E-state index contributed by atoms with van der Waals surface area (Å²) in [5.41, 5.74) is 0.917. The molecule has 0 N–H and O–H groups in total. The molecule has 1 fully saturated rings. The van der Waals surface area contributed by atoms with Crippen LogP contribution >= 0.6 is 0 Å². The minimum absolute atomic E-state index is 0.147. The van der Waals surface area contributed by atoms with Gasteiger partial charge in [-0.1, -0.05) is 54.6 Å². The third-order valence-corrected chi connectivity index (χ3v) is 8.30. The molecule has 0 unspecified atom stereocenters. The predicted octanol–water partition coefficient (Wildman–Crippen LogP) is 3.90. The Morgan fingerprint density at radius 3 is 2.26 bits per heavy atom. The van der Waals surface area contributed by atoms with Gasteiger partial charge in [0.1, 0.15) is 12.4 Å². The van der Waals surface area contributed by atoms with E-state index in [4.69, 9.17) is 9.47 Å². The Kier molecular flexibility index (Phi) is 9.21. The van der Waals surface area contributed by atoms with Crippen LogP contribution in [0.3, 0.4) is 0 Å². The van der Waals surface area contributed by atoms with Gasteiger partial charge in [0.05, 0.1) is 24.8 Å². The number of nitrogens with zero attached hydrogens (tertiary/aromatic N) is 3. The fourth-order valence-electron chi connectivity index (χ4n) is 4.36. The Labute approximate surface area is 228 Å². The Bertz CT molecular complexity index is 1410. The zero-order valence-electron chi connectivity index (χ0n) is 22.0. The predicted molar refractivity (Wildman–Crippen MR) is 149 cm³/mol. The molecule has 10 heteroatoms. The fraction of sp³-hybridized carbons (Fsp3) is 0.276. The number of carbonyl (C=O) groups excluding carboxylic acids is 1. The molecule has 0 saturated carbocycles. The van der Waals surface area contributed by atoms with Gasteiger partial charge in [-0.25, -0.2) is 12.8 Å². The van der Waals surface area contributed by atoms with Gasteiger partial charge in [0.2, 0.25) is 5.91 Å². The lowest BCUT2D eigenvalue weighted by Crippen LogP contribution is -2.51. The number of rotatable bonds is 10. The zero-order valence-corrected chi connectivity index (χ0v) is 22.8. The monoisotopic (exact) mass is 553 g/mol. The molecule has 39 heavy (non-hydrogen) atoms. The van der Waals surface area contributed by atoms with Crippen molar-refractivity contribution in [1.82, 2.24) is 9.80 Å². The van der Waals surface area contributed by atoms with Crippen LogP contribution in [0.5, 0.6) is 11.5 Å². The highest BCUT2D eigenvalue weighted by Gasteiger charge is 2.32. The number of para-hydroxylation sites is 1. The Balaban J connectivity index is 1.48. The molecule has 0 spiro atoms. The molecule has 1 amide bonds. The molecule has 0 aliphatic carbocycles. The van der Waals surface area contributed by atoms with E-state index < -0.39 is 28.3 Å². The van der Waals surface area contributed by atoms with Gasteiger partial charge in [-0.3, -0.25) is 14.0 Å². The molecule has 3 aromatic carbocycles. The molecule has 1 saturated heterocycles. The highest BCUT2D eigenvalue weighted by molar-refractivity contribution is 7.92. The molecule has 0 bridgehead atoms. The van der Waals surface area contributed by atoms with Gasteiger partial charge in [0.25, 0.3) is 10.0 Å². The van der Waals surface area contributed by atoms with Crippen LogP contribution in [-0.2, 0) is 14.8 Å². The standard InChI is InChI=1S/C29H32FN3O5S/c1-37-27-15-14-24(21-28(27)38-2)39(35,36)33(26-13-7-6-12-25(26)30)22-29(34)32-19-17-31(18-20-32)16-8-11-23-9-4-3-5-10-23/h3-15,21H,16-20,22H2,1-2H3/b11-8+. The van der Waals surface area contributed by atoms with E-state index in [9.17, 15) is 17.6 Å². The summed E-state index contributed by atoms with van der Waals surface area (Å²) < 4.78 is 53.6. The Morgan fingerprint density at radius 2 is 1.59 bits per heavy atom. The first-order valence-corrected chi connectivity index (χ1v) is 14.0. The molecule has 0 aromatic heterocycles. The lowest BCUT2D eigenvalue weighted by Gasteiger charge is -2.35. The van der Waals surface area contributed by atoms with Crippen molar-refractivity contribution in [1.29, 1.82) is 0 Å². The van der Waals surface area contributed by atoms with Gasteiger partial charge in [-0.05, 0) is 29.8 Å². The molecule has 0 radical (unpaired) electrons. The van der Waals surface area contributed by atoms with Crippen molar-refractivity contribution in [2.45, 2.75) is 4.90 Å². The van der Waals surface area contributed by atoms with E-state index >= 15 is 0 Å². The van der Waals surface area contributed by atoms with Gasteiger partial charge in [-0.2, -0.15) is 0 Å². The molecule has 1 heterocycles. The van der Waals surface area contributed by atoms with Crippen molar-refractivity contribution in [3.63, 3.8) is 0 Å². The normalized spacial score (nSPS) is 14.4. The van der Waals surface area contributed by atoms with Crippen molar-refractivity contribution in [3.8, 4) is 11.5 Å². The maximum absolute atomic E-state index is 14.8. The fourth-order valence-corrected chi connectivity index (χ4v) is 5.80. The first-order valence-electron chi connectivity index (χ1n) is 12.5. The van der Waals surface area contributed by atoms with Crippen molar-refractivity contribution >= 4 is 27.7 Å². The molecule has 0 atom stereocenters. The molecular weight excluding hydrogens is 521 g/mol. The zero-order chi connectivity index (χ0) is 27.8. The van der Waals surface area contributed by atoms with Crippen LogP contribution in [-0.4, -0.2) is 77.6 Å². The summed E-state index contributed by atoms with van der Waals surface area (Å²) in [5, 5.41) is 0. The Hall–Kier alpha value is -3.89. The second kappa shape index (κ2) is 12.8. The van der Waals surface area contributed by atoms with Crippen LogP contribution in [0.4, 0.5) is 10.1 Å². The van der Waals surface area contributed by atoms with Crippen molar-refractivity contribution in [2.75, 3.05) is 57.8 Å². The van der Waals surface area contributed by atoms with E-state index in [0.717, 1.165) is 16.4 Å². The number of amides is 1. The smallest absolute Gasteiger partial charge is 0.265 e. The van der Waals surface area contributed by atoms with Crippen molar-refractivity contribution in [3.05, 3.63) is 90.3 Å². The maximum atomic E-state index is 14.8. The second-order valence-corrected chi connectivity index (χ2v) is 10.8. The number of piperazine rings is 1. The number of hydrogen-bond donors (Lipinski definition) is 0. The number of sulfonamides is 1. The molecule has 8 nitrogen and oxygen atoms in total. The van der Waals surface area contributed by atoms with Gasteiger partial charge >= 0.3 is 0 Å². The van der Waals surface area contributed by atoms with Crippen molar-refractivity contribution in [2.24, 2.45) is 0 Å². The summed E-state index contributed by atoms with van der Waals surface area (Å²) in [6.45, 7) is 2.39. The van der Waals surface area contributed by atoms with Crippen LogP contribution in [0.25, 0.3) is 6.08 Å². The summed E-state index contributed by atoms with van der Waals surface area (Å²) >= 11 is 0. The van der Waals surface area contributed by atoms with Gasteiger partial charge in [-0.15, -0.1) is 0 Å². The summed E-state index contributed by atoms with van der Waals surface area (Å²) in [7, 11) is -1.49. The number of ether oxygens (including phenoxy) is 2. The van der Waals surface area contributed by atoms with E-state index in [0.29, 0.717) is 31.9 Å². The number of carbonyl (C=O) groups is 1. The van der Waals surface area contributed by atoms with E-state index in [1.807, 2.05) is 30.3 Å². The Morgan fingerprint density at radius 1 is 0.923 bits per heavy atom. The minimum atomic E-state index is -4.33. The lowest BCUT2D eigenvalue weighted by atomic mass is 10.2. The van der Waals surface area contributed by atoms with Gasteiger partial charge in [0.15, 0.2) is 11.5 Å². The largest absolute Gasteiger partial charge is 0.493 e. The number of halogens is 1. The second-order valence-electron chi connectivity index (χ2n) is 8.97. The van der Waals surface area contributed by atoms with Crippen LogP contribution in [0, 0.1) is 5.82 Å². The highest BCUT2D eigenvalue weighted by atomic mass is 32.2. The highest BCUT2D eigenvalue weighted by Crippen LogP contribution is 2.33. The van der Waals surface area contributed by atoms with Crippen molar-refractivity contribution < 1.29 is 27.1 Å². The summed E-state index contributed by atoms with van der Waals surface area (Å²) in [5.74, 6) is -0.594. The molecule has 1 aliphatic rings. The average molecular weight is 554 g/mol. The van der Waals surface area contributed by atoms with E-state index in [1.54, 1.807) is 4.90 Å². The van der Waals surface area contributed by atoms with E-state index in [1.165, 1.54) is 56.7 Å². The third kappa shape index (κ3) is 6.76. The van der Waals surface area contributed by atoms with Gasteiger partial charge in [0, 0.05) is 38.8 Å². The number of benzene rings is 3. The first-order chi connectivity index (χ1) is 18.8. The number of hydrogen-bond acceptors (Lipinski definition) is 6. The third-order valence-electron chi connectivity index (χ3n) is 6.54. The summed E-state index contributed by atoms with van der Waals surface area (Å²) in [6.07, 6.45) is 4.14. The minimum Gasteiger partial charge on any atom is -0.493 e. The first kappa shape index (κ1) is 28.1. The molecule has 206 valence electrons. The molecule has 4 rings (SSSR count). The van der Waals surface area contributed by atoms with E-state index in [-0.39, 0.29) is 16.3 Å². The van der Waals surface area contributed by atoms with Gasteiger partial charge < -0.3 is 14.4 Å². The molecule has 1 aliphatic heterocycles. The molecule has 3 aromatic rings.